The van der Waals surface area contributed by atoms with Gasteiger partial charge in [0, 0.05) is 34.9 Å². The van der Waals surface area contributed by atoms with Crippen LogP contribution in [0.15, 0.2) is 30.5 Å². The standard InChI is InChI=1S/C15H16N2/c1-2-6-13-11(5-1)12-8-10-17-9-4-3-7-14(17)15(12)16-13/h1-2,5-6,8,10,14,16H,3-4,7,9H2. The fourth-order valence-corrected chi connectivity index (χ4v) is 3.24. The number of H-pyrrole nitrogens is 1. The summed E-state index contributed by atoms with van der Waals surface area (Å²) in [6.45, 7) is 1.20. The topological polar surface area (TPSA) is 19.0 Å². The van der Waals surface area contributed by atoms with Gasteiger partial charge in [-0.05, 0) is 31.4 Å². The first kappa shape index (κ1) is 9.34. The lowest BCUT2D eigenvalue weighted by Gasteiger charge is -2.37. The van der Waals surface area contributed by atoms with E-state index in [9.17, 15) is 0 Å². The molecule has 1 N–H and O–H groups in total. The van der Waals surface area contributed by atoms with Crippen molar-refractivity contribution in [3.8, 4) is 0 Å². The number of para-hydroxylation sites is 1. The van der Waals surface area contributed by atoms with Crippen LogP contribution in [0.5, 0.6) is 0 Å². The number of hydrogen-bond acceptors (Lipinski definition) is 1. The minimum absolute atomic E-state index is 0.580. The number of nitrogens with one attached hydrogen (secondary N) is 1. The third kappa shape index (κ3) is 1.27. The van der Waals surface area contributed by atoms with Crippen LogP contribution in [0, 0.1) is 0 Å². The van der Waals surface area contributed by atoms with Crippen LogP contribution < -0.4 is 0 Å². The highest BCUT2D eigenvalue weighted by Gasteiger charge is 2.28. The minimum atomic E-state index is 0.580. The van der Waals surface area contributed by atoms with E-state index in [4.69, 9.17) is 0 Å². The fraction of sp³-hybridized carbons (Fsp3) is 0.333. The number of aromatic nitrogens is 1. The summed E-state index contributed by atoms with van der Waals surface area (Å²) in [6.07, 6.45) is 8.52. The molecule has 4 rings (SSSR count). The number of fused-ring (bicyclic) bond motifs is 5. The number of hydrogen-bond donors (Lipinski definition) is 1. The molecule has 2 heteroatoms. The van der Waals surface area contributed by atoms with Gasteiger partial charge < -0.3 is 9.88 Å². The normalized spacial score (nSPS) is 22.6. The largest absolute Gasteiger partial charge is 0.369 e. The third-order valence-electron chi connectivity index (χ3n) is 4.09. The quantitative estimate of drug-likeness (QED) is 0.723. The summed E-state index contributed by atoms with van der Waals surface area (Å²) in [4.78, 5) is 6.11. The Morgan fingerprint density at radius 2 is 2.12 bits per heavy atom. The number of piperidine rings is 1. The summed E-state index contributed by atoms with van der Waals surface area (Å²) >= 11 is 0. The minimum Gasteiger partial charge on any atom is -0.369 e. The maximum atomic E-state index is 3.62. The predicted octanol–water partition coefficient (Wildman–Crippen LogP) is 3.68. The molecule has 1 saturated heterocycles. The number of aromatic amines is 1. The molecule has 0 bridgehead atoms. The molecular formula is C15H16N2. The first-order chi connectivity index (χ1) is 8.43. The average Bonchev–Trinajstić information content (AvgIpc) is 2.78. The van der Waals surface area contributed by atoms with Crippen LogP contribution in [0.4, 0.5) is 0 Å². The van der Waals surface area contributed by atoms with E-state index in [2.05, 4.69) is 46.4 Å². The molecule has 86 valence electrons. The average molecular weight is 224 g/mol. The monoisotopic (exact) mass is 224 g/mol. The highest BCUT2D eigenvalue weighted by atomic mass is 15.2. The molecule has 2 nitrogen and oxygen atoms in total. The molecule has 2 aliphatic heterocycles. The van der Waals surface area contributed by atoms with Crippen LogP contribution in [-0.4, -0.2) is 16.4 Å². The molecule has 1 atom stereocenters. The van der Waals surface area contributed by atoms with Gasteiger partial charge in [0.2, 0.25) is 0 Å². The zero-order chi connectivity index (χ0) is 11.2. The Balaban J connectivity index is 1.94. The van der Waals surface area contributed by atoms with Gasteiger partial charge in [0.05, 0.1) is 6.04 Å². The predicted molar refractivity (Wildman–Crippen MR) is 70.6 cm³/mol. The van der Waals surface area contributed by atoms with Crippen molar-refractivity contribution in [2.75, 3.05) is 6.54 Å². The van der Waals surface area contributed by atoms with E-state index in [-0.39, 0.29) is 0 Å². The molecule has 0 spiro atoms. The Morgan fingerprint density at radius 1 is 1.18 bits per heavy atom. The summed E-state index contributed by atoms with van der Waals surface area (Å²) in [7, 11) is 0. The summed E-state index contributed by atoms with van der Waals surface area (Å²) in [5.41, 5.74) is 4.10. The maximum Gasteiger partial charge on any atom is 0.0692 e. The molecular weight excluding hydrogens is 208 g/mol. The van der Waals surface area contributed by atoms with Crippen LogP contribution in [0.3, 0.4) is 0 Å². The van der Waals surface area contributed by atoms with Crippen LogP contribution >= 0.6 is 0 Å². The lowest BCUT2D eigenvalue weighted by atomic mass is 9.94. The van der Waals surface area contributed by atoms with Crippen molar-refractivity contribution in [2.24, 2.45) is 0 Å². The SMILES string of the molecule is C1=CN2CCCCC2c2[nH]c3ccccc3c21. The first-order valence-electron chi connectivity index (χ1n) is 6.48. The Labute approximate surface area is 101 Å². The van der Waals surface area contributed by atoms with Gasteiger partial charge in [-0.3, -0.25) is 0 Å². The molecule has 1 unspecified atom stereocenters. The van der Waals surface area contributed by atoms with Gasteiger partial charge in [0.15, 0.2) is 0 Å². The lowest BCUT2D eigenvalue weighted by molar-refractivity contribution is 0.210. The first-order valence-corrected chi connectivity index (χ1v) is 6.48. The van der Waals surface area contributed by atoms with E-state index in [1.165, 1.54) is 48.0 Å². The van der Waals surface area contributed by atoms with Crippen molar-refractivity contribution in [1.82, 2.24) is 9.88 Å². The summed E-state index contributed by atoms with van der Waals surface area (Å²) < 4.78 is 0. The zero-order valence-corrected chi connectivity index (χ0v) is 9.82. The number of nitrogens with zero attached hydrogens (tertiary/aromatic N) is 1. The Morgan fingerprint density at radius 3 is 3.12 bits per heavy atom. The van der Waals surface area contributed by atoms with Gasteiger partial charge in [-0.2, -0.15) is 0 Å². The van der Waals surface area contributed by atoms with Crippen molar-refractivity contribution >= 4 is 17.0 Å². The fourth-order valence-electron chi connectivity index (χ4n) is 3.24. The van der Waals surface area contributed by atoms with E-state index in [0.717, 1.165) is 0 Å². The number of rotatable bonds is 0. The molecule has 17 heavy (non-hydrogen) atoms. The molecule has 1 aromatic heterocycles. The van der Waals surface area contributed by atoms with E-state index in [1.54, 1.807) is 0 Å². The van der Waals surface area contributed by atoms with Crippen molar-refractivity contribution in [3.63, 3.8) is 0 Å². The Bertz CT molecular complexity index is 594. The van der Waals surface area contributed by atoms with Gasteiger partial charge >= 0.3 is 0 Å². The maximum absolute atomic E-state index is 3.62. The van der Waals surface area contributed by atoms with Crippen LogP contribution in [0.2, 0.25) is 0 Å². The lowest BCUT2D eigenvalue weighted by Crippen LogP contribution is -2.31. The van der Waals surface area contributed by atoms with Gasteiger partial charge in [-0.25, -0.2) is 0 Å². The van der Waals surface area contributed by atoms with Crippen LogP contribution in [0.1, 0.15) is 36.6 Å². The smallest absolute Gasteiger partial charge is 0.0692 e. The summed E-state index contributed by atoms with van der Waals surface area (Å²) in [5, 5.41) is 1.36. The van der Waals surface area contributed by atoms with Gasteiger partial charge in [-0.1, -0.05) is 18.2 Å². The van der Waals surface area contributed by atoms with E-state index in [1.807, 2.05) is 0 Å². The van der Waals surface area contributed by atoms with E-state index < -0.39 is 0 Å². The highest BCUT2D eigenvalue weighted by Crippen LogP contribution is 2.39. The van der Waals surface area contributed by atoms with Crippen molar-refractivity contribution in [1.29, 1.82) is 0 Å². The third-order valence-corrected chi connectivity index (χ3v) is 4.09. The molecule has 1 fully saturated rings. The van der Waals surface area contributed by atoms with Crippen molar-refractivity contribution in [3.05, 3.63) is 41.7 Å². The summed E-state index contributed by atoms with van der Waals surface area (Å²) in [5.74, 6) is 0. The molecule has 0 radical (unpaired) electrons. The second kappa shape index (κ2) is 3.39. The van der Waals surface area contributed by atoms with Gasteiger partial charge in [0.25, 0.3) is 0 Å². The molecule has 2 aliphatic rings. The molecule has 0 aliphatic carbocycles. The second-order valence-corrected chi connectivity index (χ2v) is 5.06. The summed E-state index contributed by atoms with van der Waals surface area (Å²) in [6, 6.07) is 9.20. The molecule has 2 aromatic rings. The zero-order valence-electron chi connectivity index (χ0n) is 9.82. The van der Waals surface area contributed by atoms with Gasteiger partial charge in [0.1, 0.15) is 0 Å². The van der Waals surface area contributed by atoms with Crippen LogP contribution in [0.25, 0.3) is 17.0 Å². The second-order valence-electron chi connectivity index (χ2n) is 5.06. The Kier molecular flexibility index (Phi) is 1.87. The molecule has 0 amide bonds. The number of benzene rings is 1. The Hall–Kier alpha value is -1.70. The van der Waals surface area contributed by atoms with E-state index >= 15 is 0 Å². The van der Waals surface area contributed by atoms with Crippen molar-refractivity contribution < 1.29 is 0 Å². The van der Waals surface area contributed by atoms with E-state index in [0.29, 0.717) is 6.04 Å². The molecule has 3 heterocycles. The molecule has 0 saturated carbocycles. The molecule has 1 aromatic carbocycles. The van der Waals surface area contributed by atoms with Crippen molar-refractivity contribution in [2.45, 2.75) is 25.3 Å². The van der Waals surface area contributed by atoms with Gasteiger partial charge in [-0.15, -0.1) is 0 Å². The van der Waals surface area contributed by atoms with Crippen LogP contribution in [-0.2, 0) is 0 Å². The highest BCUT2D eigenvalue weighted by molar-refractivity contribution is 5.91.